The number of carbonyl (C=O) groups is 1. The highest BCUT2D eigenvalue weighted by Gasteiger charge is 2.16. The third kappa shape index (κ3) is 5.24. The summed E-state index contributed by atoms with van der Waals surface area (Å²) in [6.07, 6.45) is 0.609. The summed E-state index contributed by atoms with van der Waals surface area (Å²) in [6.45, 7) is 5.67. The van der Waals surface area contributed by atoms with Crippen LogP contribution in [0.3, 0.4) is 0 Å². The zero-order valence-electron chi connectivity index (χ0n) is 19.0. The van der Waals surface area contributed by atoms with Crippen molar-refractivity contribution < 1.29 is 14.3 Å². The van der Waals surface area contributed by atoms with Crippen molar-refractivity contribution >= 4 is 28.6 Å². The van der Waals surface area contributed by atoms with Crippen LogP contribution in [-0.4, -0.2) is 53.4 Å². The molecular weight excluding hydrogens is 426 g/mol. The highest BCUT2D eigenvalue weighted by atomic mass is 32.2. The molecule has 0 fully saturated rings. The summed E-state index contributed by atoms with van der Waals surface area (Å²) in [5.74, 6) is 1.58. The van der Waals surface area contributed by atoms with Crippen LogP contribution in [0.15, 0.2) is 52.4 Å². The van der Waals surface area contributed by atoms with Gasteiger partial charge in [0.25, 0.3) is 5.56 Å². The lowest BCUT2D eigenvalue weighted by Crippen LogP contribution is -2.32. The fraction of sp³-hybridized carbons (Fsp3) is 0.375. The number of nitrogens with zero attached hydrogens (tertiary/aromatic N) is 3. The Bertz CT molecular complexity index is 1140. The highest BCUT2D eigenvalue weighted by molar-refractivity contribution is 7.99. The average molecular weight is 456 g/mol. The van der Waals surface area contributed by atoms with E-state index < -0.39 is 0 Å². The van der Waals surface area contributed by atoms with Crippen LogP contribution in [0.25, 0.3) is 10.9 Å². The van der Waals surface area contributed by atoms with Gasteiger partial charge in [-0.25, -0.2) is 4.98 Å². The van der Waals surface area contributed by atoms with Crippen LogP contribution in [0.2, 0.25) is 0 Å². The number of methoxy groups -OCH3 is 2. The zero-order valence-corrected chi connectivity index (χ0v) is 19.8. The Morgan fingerprint density at radius 3 is 2.47 bits per heavy atom. The van der Waals surface area contributed by atoms with Gasteiger partial charge >= 0.3 is 0 Å². The number of carbonyl (C=O) groups excluding carboxylic acids is 1. The van der Waals surface area contributed by atoms with E-state index in [0.717, 1.165) is 5.56 Å². The molecule has 0 N–H and O–H groups in total. The van der Waals surface area contributed by atoms with Crippen molar-refractivity contribution in [1.82, 2.24) is 14.5 Å². The van der Waals surface area contributed by atoms with E-state index in [1.807, 2.05) is 50.2 Å². The molecule has 0 aliphatic rings. The quantitative estimate of drug-likeness (QED) is 0.343. The van der Waals surface area contributed by atoms with Crippen molar-refractivity contribution in [3.63, 3.8) is 0 Å². The molecule has 7 nitrogen and oxygen atoms in total. The molecule has 0 radical (unpaired) electrons. The van der Waals surface area contributed by atoms with Gasteiger partial charge in [0.2, 0.25) is 5.91 Å². The highest BCUT2D eigenvalue weighted by Crippen LogP contribution is 2.28. The molecule has 0 saturated heterocycles. The molecule has 1 aromatic heterocycles. The minimum Gasteiger partial charge on any atom is -0.493 e. The lowest BCUT2D eigenvalue weighted by atomic mass is 10.1. The minimum atomic E-state index is -0.103. The molecule has 32 heavy (non-hydrogen) atoms. The predicted octanol–water partition coefficient (Wildman–Crippen LogP) is 3.62. The molecule has 170 valence electrons. The number of aryl methyl sites for hydroxylation is 1. The maximum atomic E-state index is 13.3. The summed E-state index contributed by atoms with van der Waals surface area (Å²) >= 11 is 1.31. The van der Waals surface area contributed by atoms with E-state index in [9.17, 15) is 9.59 Å². The van der Waals surface area contributed by atoms with Gasteiger partial charge in [-0.05, 0) is 50.1 Å². The number of para-hydroxylation sites is 1. The van der Waals surface area contributed by atoms with E-state index in [0.29, 0.717) is 53.6 Å². The van der Waals surface area contributed by atoms with Crippen molar-refractivity contribution in [1.29, 1.82) is 0 Å². The van der Waals surface area contributed by atoms with E-state index in [1.54, 1.807) is 29.8 Å². The van der Waals surface area contributed by atoms with Gasteiger partial charge in [0.15, 0.2) is 16.7 Å². The fourth-order valence-corrected chi connectivity index (χ4v) is 4.45. The lowest BCUT2D eigenvalue weighted by molar-refractivity contribution is -0.127. The van der Waals surface area contributed by atoms with Crippen molar-refractivity contribution in [3.05, 3.63) is 58.4 Å². The Kier molecular flexibility index (Phi) is 8.16. The Balaban J connectivity index is 1.90. The van der Waals surface area contributed by atoms with Crippen LogP contribution in [0.4, 0.5) is 0 Å². The van der Waals surface area contributed by atoms with Crippen LogP contribution in [0.1, 0.15) is 19.4 Å². The van der Waals surface area contributed by atoms with Crippen molar-refractivity contribution in [2.45, 2.75) is 32.0 Å². The molecule has 0 aliphatic heterocycles. The normalized spacial score (nSPS) is 10.9. The summed E-state index contributed by atoms with van der Waals surface area (Å²) in [5, 5.41) is 1.12. The summed E-state index contributed by atoms with van der Waals surface area (Å²) in [7, 11) is 3.20. The van der Waals surface area contributed by atoms with Gasteiger partial charge in [-0.3, -0.25) is 14.2 Å². The number of hydrogen-bond acceptors (Lipinski definition) is 6. The van der Waals surface area contributed by atoms with Crippen molar-refractivity contribution in [2.24, 2.45) is 0 Å². The Morgan fingerprint density at radius 2 is 1.78 bits per heavy atom. The smallest absolute Gasteiger partial charge is 0.262 e. The van der Waals surface area contributed by atoms with Gasteiger partial charge in [-0.2, -0.15) is 0 Å². The Labute approximate surface area is 192 Å². The van der Waals surface area contributed by atoms with E-state index in [2.05, 4.69) is 0 Å². The summed E-state index contributed by atoms with van der Waals surface area (Å²) in [6, 6.07) is 13.0. The molecule has 0 aliphatic carbocycles. The molecule has 0 bridgehead atoms. The summed E-state index contributed by atoms with van der Waals surface area (Å²) < 4.78 is 12.4. The second-order valence-corrected chi connectivity index (χ2v) is 8.10. The third-order valence-electron chi connectivity index (χ3n) is 5.34. The van der Waals surface area contributed by atoms with Gasteiger partial charge in [0.05, 0.1) is 30.9 Å². The fourth-order valence-electron chi connectivity index (χ4n) is 3.53. The molecule has 1 heterocycles. The molecule has 3 aromatic rings. The van der Waals surface area contributed by atoms with E-state index in [1.165, 1.54) is 11.8 Å². The second kappa shape index (κ2) is 11.0. The zero-order chi connectivity index (χ0) is 23.1. The van der Waals surface area contributed by atoms with Gasteiger partial charge in [0.1, 0.15) is 0 Å². The molecule has 0 saturated carbocycles. The van der Waals surface area contributed by atoms with E-state index >= 15 is 0 Å². The SMILES string of the molecule is CCN(CC)C(=O)CSc1nc2ccccc2c(=O)n1CCc1ccc(OC)c(OC)c1. The Hall–Kier alpha value is -3.00. The van der Waals surface area contributed by atoms with Crippen LogP contribution in [0, 0.1) is 0 Å². The standard InChI is InChI=1S/C24H29N3O4S/c1-5-26(6-2)22(28)16-32-24-25-19-10-8-7-9-18(19)23(29)27(24)14-13-17-11-12-20(30-3)21(15-17)31-4/h7-12,15H,5-6,13-14,16H2,1-4H3. The number of ether oxygens (including phenoxy) is 2. The first-order chi connectivity index (χ1) is 15.5. The van der Waals surface area contributed by atoms with Crippen LogP contribution >= 0.6 is 11.8 Å². The average Bonchev–Trinajstić information content (AvgIpc) is 2.82. The van der Waals surface area contributed by atoms with E-state index in [-0.39, 0.29) is 17.2 Å². The molecule has 0 atom stereocenters. The molecule has 3 rings (SSSR count). The lowest BCUT2D eigenvalue weighted by Gasteiger charge is -2.19. The first-order valence-corrected chi connectivity index (χ1v) is 11.6. The first kappa shape index (κ1) is 23.7. The van der Waals surface area contributed by atoms with Crippen molar-refractivity contribution in [3.8, 4) is 11.5 Å². The molecule has 2 aromatic carbocycles. The largest absolute Gasteiger partial charge is 0.493 e. The molecule has 0 spiro atoms. The van der Waals surface area contributed by atoms with Crippen LogP contribution < -0.4 is 15.0 Å². The Morgan fingerprint density at radius 1 is 1.06 bits per heavy atom. The minimum absolute atomic E-state index is 0.0360. The number of thioether (sulfide) groups is 1. The van der Waals surface area contributed by atoms with Crippen LogP contribution in [-0.2, 0) is 17.8 Å². The number of benzene rings is 2. The number of fused-ring (bicyclic) bond motifs is 1. The monoisotopic (exact) mass is 455 g/mol. The maximum Gasteiger partial charge on any atom is 0.262 e. The van der Waals surface area contributed by atoms with Gasteiger partial charge < -0.3 is 14.4 Å². The number of hydrogen-bond donors (Lipinski definition) is 0. The topological polar surface area (TPSA) is 73.7 Å². The molecule has 1 amide bonds. The van der Waals surface area contributed by atoms with Gasteiger partial charge in [-0.15, -0.1) is 0 Å². The van der Waals surface area contributed by atoms with Gasteiger partial charge in [0, 0.05) is 19.6 Å². The summed E-state index contributed by atoms with van der Waals surface area (Å²) in [4.78, 5) is 32.2. The first-order valence-electron chi connectivity index (χ1n) is 10.6. The third-order valence-corrected chi connectivity index (χ3v) is 6.30. The van der Waals surface area contributed by atoms with Crippen molar-refractivity contribution in [2.75, 3.05) is 33.1 Å². The van der Waals surface area contributed by atoms with Gasteiger partial charge in [-0.1, -0.05) is 30.0 Å². The second-order valence-electron chi connectivity index (χ2n) is 7.16. The number of amides is 1. The molecule has 0 unspecified atom stereocenters. The maximum absolute atomic E-state index is 13.3. The van der Waals surface area contributed by atoms with E-state index in [4.69, 9.17) is 14.5 Å². The number of aromatic nitrogens is 2. The van der Waals surface area contributed by atoms with Crippen LogP contribution in [0.5, 0.6) is 11.5 Å². The molecular formula is C24H29N3O4S. The summed E-state index contributed by atoms with van der Waals surface area (Å²) in [5.41, 5.74) is 1.55. The molecule has 8 heteroatoms. The number of rotatable bonds is 10. The predicted molar refractivity (Wildman–Crippen MR) is 128 cm³/mol.